The molecule has 0 amide bonds. The highest BCUT2D eigenvalue weighted by Crippen LogP contribution is 2.13. The first-order chi connectivity index (χ1) is 11.0. The number of hydrogen-bond acceptors (Lipinski definition) is 3. The van der Waals surface area contributed by atoms with Crippen LogP contribution in [0.5, 0.6) is 0 Å². The van der Waals surface area contributed by atoms with Crippen molar-refractivity contribution in [2.45, 2.75) is 46.1 Å². The minimum absolute atomic E-state index is 0.125. The van der Waals surface area contributed by atoms with Crippen molar-refractivity contribution in [3.63, 3.8) is 0 Å². The molecule has 2 aromatic rings. The van der Waals surface area contributed by atoms with Crippen LogP contribution >= 0.6 is 0 Å². The summed E-state index contributed by atoms with van der Waals surface area (Å²) in [7, 11) is 0. The summed E-state index contributed by atoms with van der Waals surface area (Å²) in [5, 5.41) is 12.3. The summed E-state index contributed by atoms with van der Waals surface area (Å²) in [4.78, 5) is 0. The zero-order valence-electron chi connectivity index (χ0n) is 14.1. The van der Waals surface area contributed by atoms with Crippen molar-refractivity contribution in [1.29, 1.82) is 5.26 Å². The second-order valence-electron chi connectivity index (χ2n) is 6.64. The van der Waals surface area contributed by atoms with Gasteiger partial charge in [0.25, 0.3) is 0 Å². The Morgan fingerprint density at radius 3 is 2.22 bits per heavy atom. The van der Waals surface area contributed by atoms with Crippen LogP contribution in [0.3, 0.4) is 0 Å². The lowest BCUT2D eigenvalue weighted by molar-refractivity contribution is -0.0149. The molecule has 3 heteroatoms. The van der Waals surface area contributed by atoms with E-state index < -0.39 is 0 Å². The third-order valence-electron chi connectivity index (χ3n) is 3.38. The molecule has 0 aliphatic carbocycles. The van der Waals surface area contributed by atoms with E-state index in [1.807, 2.05) is 24.3 Å². The molecule has 0 atom stereocenters. The molecule has 0 fully saturated rings. The summed E-state index contributed by atoms with van der Waals surface area (Å²) < 4.78 is 5.82. The lowest BCUT2D eigenvalue weighted by Gasteiger charge is -2.19. The molecule has 2 rings (SSSR count). The molecule has 0 aliphatic heterocycles. The van der Waals surface area contributed by atoms with Crippen LogP contribution in [0.1, 0.15) is 43.0 Å². The Kier molecular flexibility index (Phi) is 5.92. The highest BCUT2D eigenvalue weighted by Gasteiger charge is 2.10. The van der Waals surface area contributed by atoms with Gasteiger partial charge in [0.15, 0.2) is 0 Å². The van der Waals surface area contributed by atoms with Gasteiger partial charge in [-0.25, -0.2) is 0 Å². The van der Waals surface area contributed by atoms with Crippen LogP contribution in [-0.2, 0) is 24.4 Å². The topological polar surface area (TPSA) is 45.0 Å². The van der Waals surface area contributed by atoms with Crippen molar-refractivity contribution in [3.8, 4) is 6.07 Å². The molecule has 120 valence electrons. The number of nitrogens with one attached hydrogen (secondary N) is 1. The smallest absolute Gasteiger partial charge is 0.0991 e. The SMILES string of the molecule is CC(C)(C)OCc1cccc(CNCc2cccc(C#N)c2)c1. The van der Waals surface area contributed by atoms with Crippen LogP contribution in [0.4, 0.5) is 0 Å². The summed E-state index contributed by atoms with van der Waals surface area (Å²) in [5.74, 6) is 0. The molecule has 0 bridgehead atoms. The van der Waals surface area contributed by atoms with E-state index in [1.165, 1.54) is 11.1 Å². The zero-order valence-corrected chi connectivity index (χ0v) is 14.1. The van der Waals surface area contributed by atoms with Crippen LogP contribution in [0.15, 0.2) is 48.5 Å². The molecule has 0 spiro atoms. The highest BCUT2D eigenvalue weighted by molar-refractivity contribution is 5.32. The van der Waals surface area contributed by atoms with Crippen molar-refractivity contribution in [3.05, 3.63) is 70.8 Å². The van der Waals surface area contributed by atoms with Gasteiger partial charge in [0, 0.05) is 13.1 Å². The molecule has 0 saturated carbocycles. The second kappa shape index (κ2) is 7.92. The molecule has 0 unspecified atom stereocenters. The Morgan fingerprint density at radius 1 is 0.957 bits per heavy atom. The average Bonchev–Trinajstić information content (AvgIpc) is 2.53. The number of rotatable bonds is 6. The Labute approximate surface area is 138 Å². The molecule has 0 heterocycles. The van der Waals surface area contributed by atoms with Gasteiger partial charge in [0.2, 0.25) is 0 Å². The maximum absolute atomic E-state index is 8.92. The summed E-state index contributed by atoms with van der Waals surface area (Å²) in [6, 6.07) is 18.3. The van der Waals surface area contributed by atoms with Crippen molar-refractivity contribution < 1.29 is 4.74 Å². The number of nitriles is 1. The van der Waals surface area contributed by atoms with Crippen molar-refractivity contribution in [1.82, 2.24) is 5.32 Å². The van der Waals surface area contributed by atoms with Gasteiger partial charge in [0.1, 0.15) is 0 Å². The number of hydrogen-bond donors (Lipinski definition) is 1. The zero-order chi connectivity index (χ0) is 16.7. The van der Waals surface area contributed by atoms with E-state index in [2.05, 4.69) is 56.4 Å². The molecular formula is C20H24N2O. The van der Waals surface area contributed by atoms with Gasteiger partial charge < -0.3 is 10.1 Å². The predicted octanol–water partition coefficient (Wildman–Crippen LogP) is 4.16. The number of benzene rings is 2. The van der Waals surface area contributed by atoms with Gasteiger partial charge in [0.05, 0.1) is 23.8 Å². The fourth-order valence-corrected chi connectivity index (χ4v) is 2.23. The maximum Gasteiger partial charge on any atom is 0.0991 e. The fourth-order valence-electron chi connectivity index (χ4n) is 2.23. The quantitative estimate of drug-likeness (QED) is 0.871. The monoisotopic (exact) mass is 308 g/mol. The van der Waals surface area contributed by atoms with Crippen LogP contribution < -0.4 is 5.32 Å². The lowest BCUT2D eigenvalue weighted by atomic mass is 10.1. The van der Waals surface area contributed by atoms with Crippen molar-refractivity contribution >= 4 is 0 Å². The molecule has 23 heavy (non-hydrogen) atoms. The summed E-state index contributed by atoms with van der Waals surface area (Å²) >= 11 is 0. The first-order valence-electron chi connectivity index (χ1n) is 7.88. The fraction of sp³-hybridized carbons (Fsp3) is 0.350. The van der Waals surface area contributed by atoms with E-state index >= 15 is 0 Å². The van der Waals surface area contributed by atoms with E-state index in [0.29, 0.717) is 12.2 Å². The molecule has 0 radical (unpaired) electrons. The van der Waals surface area contributed by atoms with Crippen LogP contribution in [0.2, 0.25) is 0 Å². The first kappa shape index (κ1) is 17.2. The van der Waals surface area contributed by atoms with Gasteiger partial charge in [-0.3, -0.25) is 0 Å². The van der Waals surface area contributed by atoms with E-state index in [1.54, 1.807) is 0 Å². The number of ether oxygens (including phenoxy) is 1. The third-order valence-corrected chi connectivity index (χ3v) is 3.38. The predicted molar refractivity (Wildman–Crippen MR) is 92.7 cm³/mol. The van der Waals surface area contributed by atoms with Gasteiger partial charge >= 0.3 is 0 Å². The van der Waals surface area contributed by atoms with Crippen LogP contribution in [0.25, 0.3) is 0 Å². The Hall–Kier alpha value is -2.15. The van der Waals surface area contributed by atoms with E-state index in [9.17, 15) is 0 Å². The molecule has 0 aromatic heterocycles. The molecule has 3 nitrogen and oxygen atoms in total. The Morgan fingerprint density at radius 2 is 1.57 bits per heavy atom. The summed E-state index contributed by atoms with van der Waals surface area (Å²) in [5.41, 5.74) is 4.11. The van der Waals surface area contributed by atoms with Crippen LogP contribution in [0, 0.1) is 11.3 Å². The molecule has 2 aromatic carbocycles. The van der Waals surface area contributed by atoms with Crippen LogP contribution in [-0.4, -0.2) is 5.60 Å². The number of nitrogens with zero attached hydrogens (tertiary/aromatic N) is 1. The van der Waals surface area contributed by atoms with E-state index in [0.717, 1.165) is 18.7 Å². The average molecular weight is 308 g/mol. The maximum atomic E-state index is 8.92. The largest absolute Gasteiger partial charge is 0.371 e. The van der Waals surface area contributed by atoms with Gasteiger partial charge in [-0.1, -0.05) is 36.4 Å². The van der Waals surface area contributed by atoms with Crippen molar-refractivity contribution in [2.24, 2.45) is 0 Å². The van der Waals surface area contributed by atoms with Gasteiger partial charge in [-0.05, 0) is 49.6 Å². The van der Waals surface area contributed by atoms with E-state index in [-0.39, 0.29) is 5.60 Å². The van der Waals surface area contributed by atoms with Gasteiger partial charge in [-0.15, -0.1) is 0 Å². The first-order valence-corrected chi connectivity index (χ1v) is 7.88. The minimum Gasteiger partial charge on any atom is -0.371 e. The van der Waals surface area contributed by atoms with E-state index in [4.69, 9.17) is 10.00 Å². The molecule has 0 saturated heterocycles. The Bertz CT molecular complexity index is 681. The van der Waals surface area contributed by atoms with Gasteiger partial charge in [-0.2, -0.15) is 5.26 Å². The van der Waals surface area contributed by atoms with Crippen molar-refractivity contribution in [2.75, 3.05) is 0 Å². The minimum atomic E-state index is -0.125. The molecular weight excluding hydrogens is 284 g/mol. The summed E-state index contributed by atoms with van der Waals surface area (Å²) in [6.45, 7) is 8.36. The lowest BCUT2D eigenvalue weighted by Crippen LogP contribution is -2.18. The molecule has 1 N–H and O–H groups in total. The standard InChI is InChI=1S/C20H24N2O/c1-20(2,3)23-15-19-9-5-8-18(11-19)14-22-13-17-7-4-6-16(10-17)12-21/h4-11,22H,13-15H2,1-3H3. The second-order valence-corrected chi connectivity index (χ2v) is 6.64. The normalized spacial score (nSPS) is 11.2. The highest BCUT2D eigenvalue weighted by atomic mass is 16.5. The molecule has 0 aliphatic rings. The third kappa shape index (κ3) is 6.23. The Balaban J connectivity index is 1.87. The summed E-state index contributed by atoms with van der Waals surface area (Å²) in [6.07, 6.45) is 0.